The number of aromatic nitrogens is 4. The van der Waals surface area contributed by atoms with Crippen molar-refractivity contribution in [1.82, 2.24) is 19.9 Å². The summed E-state index contributed by atoms with van der Waals surface area (Å²) in [4.78, 5) is 16.0. The minimum Gasteiger partial charge on any atom is -0.494 e. The van der Waals surface area contributed by atoms with Crippen LogP contribution in [0.25, 0.3) is 11.4 Å². The van der Waals surface area contributed by atoms with Crippen molar-refractivity contribution >= 4 is 28.8 Å². The molecule has 0 unspecified atom stereocenters. The second-order valence-corrected chi connectivity index (χ2v) is 5.69. The number of pyridine rings is 1. The van der Waals surface area contributed by atoms with Gasteiger partial charge in [-0.05, 0) is 0 Å². The predicted molar refractivity (Wildman–Crippen MR) is 91.8 cm³/mol. The molecule has 7 nitrogen and oxygen atoms in total. The number of halogens is 3. The van der Waals surface area contributed by atoms with Gasteiger partial charge in [-0.1, -0.05) is 0 Å². The highest BCUT2D eigenvalue weighted by Crippen LogP contribution is 2.35. The molecular formula is C15H13F3N6OS. The Kier molecular flexibility index (Phi) is 4.89. The first kappa shape index (κ1) is 17.9. The number of nitrogens with zero attached hydrogens (tertiary/aromatic N) is 4. The Labute approximate surface area is 150 Å². The number of anilines is 3. The van der Waals surface area contributed by atoms with Gasteiger partial charge in [0.25, 0.3) is 0 Å². The van der Waals surface area contributed by atoms with E-state index in [4.69, 9.17) is 4.74 Å². The number of methoxy groups -OCH3 is 1. The van der Waals surface area contributed by atoms with Gasteiger partial charge in [0.15, 0.2) is 0 Å². The lowest BCUT2D eigenvalue weighted by atomic mass is 10.2. The molecule has 0 fully saturated rings. The molecule has 2 N–H and O–H groups in total. The summed E-state index contributed by atoms with van der Waals surface area (Å²) in [6, 6.07) is 1.67. The van der Waals surface area contributed by atoms with Crippen molar-refractivity contribution in [3.8, 4) is 17.1 Å². The van der Waals surface area contributed by atoms with E-state index in [1.165, 1.54) is 31.7 Å². The largest absolute Gasteiger partial charge is 0.494 e. The third kappa shape index (κ3) is 3.67. The van der Waals surface area contributed by atoms with E-state index < -0.39 is 11.7 Å². The highest BCUT2D eigenvalue weighted by Gasteiger charge is 2.35. The topological polar surface area (TPSA) is 84.9 Å². The molecule has 0 saturated carbocycles. The first-order chi connectivity index (χ1) is 12.4. The number of thiazole rings is 1. The number of alkyl halides is 3. The molecule has 3 rings (SSSR count). The molecule has 3 aromatic heterocycles. The van der Waals surface area contributed by atoms with E-state index in [2.05, 4.69) is 30.6 Å². The number of nitrogens with one attached hydrogen (secondary N) is 2. The molecule has 0 aromatic carbocycles. The van der Waals surface area contributed by atoms with Crippen LogP contribution in [0, 0.1) is 0 Å². The van der Waals surface area contributed by atoms with Crippen LogP contribution < -0.4 is 15.4 Å². The highest BCUT2D eigenvalue weighted by molar-refractivity contribution is 7.07. The lowest BCUT2D eigenvalue weighted by molar-refractivity contribution is -0.137. The molecule has 0 bridgehead atoms. The Bertz CT molecular complexity index is 901. The molecule has 3 heterocycles. The zero-order valence-corrected chi connectivity index (χ0v) is 14.4. The van der Waals surface area contributed by atoms with E-state index in [1.807, 2.05) is 5.38 Å². The van der Waals surface area contributed by atoms with Crippen LogP contribution in [0.2, 0.25) is 0 Å². The molecule has 0 amide bonds. The summed E-state index contributed by atoms with van der Waals surface area (Å²) < 4.78 is 44.1. The SMILES string of the molecule is CNc1nc(Nc2cnc(-c3cscn3)cc2OC)ncc1C(F)(F)F. The molecule has 136 valence electrons. The van der Waals surface area contributed by atoms with Gasteiger partial charge in [0.1, 0.15) is 22.8 Å². The smallest absolute Gasteiger partial charge is 0.421 e. The molecule has 0 radical (unpaired) electrons. The van der Waals surface area contributed by atoms with E-state index in [-0.39, 0.29) is 11.8 Å². The molecule has 11 heteroatoms. The Morgan fingerprint density at radius 1 is 1.12 bits per heavy atom. The standard InChI is InChI=1S/C15H13F3N6OS/c1-19-13-8(15(16,17)18)4-21-14(24-13)23-10-5-20-9(3-12(10)25-2)11-6-26-7-22-11/h3-7H,1-2H3,(H2,19,21,23,24). The van der Waals surface area contributed by atoms with Crippen LogP contribution in [0.5, 0.6) is 5.75 Å². The third-order valence-electron chi connectivity index (χ3n) is 3.36. The molecular weight excluding hydrogens is 369 g/mol. The van der Waals surface area contributed by atoms with Crippen LogP contribution in [0.1, 0.15) is 5.56 Å². The normalized spacial score (nSPS) is 11.3. The van der Waals surface area contributed by atoms with Gasteiger partial charge in [-0.25, -0.2) is 9.97 Å². The van der Waals surface area contributed by atoms with Gasteiger partial charge in [-0.2, -0.15) is 18.2 Å². The number of hydrogen-bond donors (Lipinski definition) is 2. The summed E-state index contributed by atoms with van der Waals surface area (Å²) in [5.41, 5.74) is 2.45. The molecule has 3 aromatic rings. The Morgan fingerprint density at radius 2 is 1.92 bits per heavy atom. The predicted octanol–water partition coefficient (Wildman–Crippen LogP) is 3.81. The maximum Gasteiger partial charge on any atom is 0.421 e. The van der Waals surface area contributed by atoms with Crippen molar-refractivity contribution < 1.29 is 17.9 Å². The fourth-order valence-corrected chi connectivity index (χ4v) is 2.69. The number of ether oxygens (including phenoxy) is 1. The molecule has 0 atom stereocenters. The summed E-state index contributed by atoms with van der Waals surface area (Å²) >= 11 is 1.44. The highest BCUT2D eigenvalue weighted by atomic mass is 32.1. The molecule has 0 aliphatic rings. The maximum absolute atomic E-state index is 12.9. The van der Waals surface area contributed by atoms with Gasteiger partial charge >= 0.3 is 6.18 Å². The zero-order chi connectivity index (χ0) is 18.7. The average molecular weight is 382 g/mol. The summed E-state index contributed by atoms with van der Waals surface area (Å²) in [7, 11) is 2.82. The molecule has 0 saturated heterocycles. The Hall–Kier alpha value is -2.95. The van der Waals surface area contributed by atoms with Crippen LogP contribution in [-0.4, -0.2) is 34.1 Å². The van der Waals surface area contributed by atoms with Crippen LogP contribution in [-0.2, 0) is 6.18 Å². The van der Waals surface area contributed by atoms with Crippen molar-refractivity contribution in [2.75, 3.05) is 24.8 Å². The van der Waals surface area contributed by atoms with Gasteiger partial charge in [0, 0.05) is 24.7 Å². The first-order valence-corrected chi connectivity index (χ1v) is 8.18. The van der Waals surface area contributed by atoms with Gasteiger partial charge in [-0.3, -0.25) is 4.98 Å². The lowest BCUT2D eigenvalue weighted by Gasteiger charge is -2.14. The Balaban J connectivity index is 1.91. The van der Waals surface area contributed by atoms with Crippen LogP contribution in [0.4, 0.5) is 30.6 Å². The van der Waals surface area contributed by atoms with Crippen LogP contribution >= 0.6 is 11.3 Å². The van der Waals surface area contributed by atoms with Gasteiger partial charge < -0.3 is 15.4 Å². The molecule has 0 aliphatic heterocycles. The van der Waals surface area contributed by atoms with E-state index in [0.717, 1.165) is 0 Å². The van der Waals surface area contributed by atoms with Crippen molar-refractivity contribution in [1.29, 1.82) is 0 Å². The number of rotatable bonds is 5. The average Bonchev–Trinajstić information content (AvgIpc) is 3.15. The van der Waals surface area contributed by atoms with E-state index in [9.17, 15) is 13.2 Å². The number of hydrogen-bond acceptors (Lipinski definition) is 8. The fourth-order valence-electron chi connectivity index (χ4n) is 2.14. The van der Waals surface area contributed by atoms with Crippen molar-refractivity contribution in [3.05, 3.63) is 34.9 Å². The third-order valence-corrected chi connectivity index (χ3v) is 3.94. The first-order valence-electron chi connectivity index (χ1n) is 7.24. The lowest BCUT2D eigenvalue weighted by Crippen LogP contribution is -2.12. The quantitative estimate of drug-likeness (QED) is 0.694. The Morgan fingerprint density at radius 3 is 2.54 bits per heavy atom. The molecule has 0 spiro atoms. The second kappa shape index (κ2) is 7.12. The summed E-state index contributed by atoms with van der Waals surface area (Å²) in [6.45, 7) is 0. The second-order valence-electron chi connectivity index (χ2n) is 4.97. The molecule has 0 aliphatic carbocycles. The maximum atomic E-state index is 12.9. The molecule has 26 heavy (non-hydrogen) atoms. The van der Waals surface area contributed by atoms with Gasteiger partial charge in [-0.15, -0.1) is 11.3 Å². The summed E-state index contributed by atoms with van der Waals surface area (Å²) in [5, 5.41) is 7.07. The van der Waals surface area contributed by atoms with Gasteiger partial charge in [0.2, 0.25) is 5.95 Å². The van der Waals surface area contributed by atoms with Crippen molar-refractivity contribution in [2.45, 2.75) is 6.18 Å². The summed E-state index contributed by atoms with van der Waals surface area (Å²) in [5.74, 6) is 0.0717. The fraction of sp³-hybridized carbons (Fsp3) is 0.200. The van der Waals surface area contributed by atoms with Crippen LogP contribution in [0.3, 0.4) is 0 Å². The monoisotopic (exact) mass is 382 g/mol. The van der Waals surface area contributed by atoms with E-state index in [1.54, 1.807) is 11.6 Å². The van der Waals surface area contributed by atoms with Gasteiger partial charge in [0.05, 0.1) is 30.2 Å². The zero-order valence-electron chi connectivity index (χ0n) is 13.6. The van der Waals surface area contributed by atoms with Crippen LogP contribution in [0.15, 0.2) is 29.4 Å². The van der Waals surface area contributed by atoms with E-state index in [0.29, 0.717) is 29.0 Å². The van der Waals surface area contributed by atoms with Crippen molar-refractivity contribution in [2.24, 2.45) is 0 Å². The minimum atomic E-state index is -4.55. The van der Waals surface area contributed by atoms with Crippen molar-refractivity contribution in [3.63, 3.8) is 0 Å². The van der Waals surface area contributed by atoms with E-state index >= 15 is 0 Å². The summed E-state index contributed by atoms with van der Waals surface area (Å²) in [6.07, 6.45) is -2.36. The minimum absolute atomic E-state index is 0.0242.